The summed E-state index contributed by atoms with van der Waals surface area (Å²) in [5, 5.41) is 9.25. The second-order valence-corrected chi connectivity index (χ2v) is 5.98. The van der Waals surface area contributed by atoms with Crippen molar-refractivity contribution in [3.05, 3.63) is 17.2 Å². The Labute approximate surface area is 131 Å². The minimum absolute atomic E-state index is 0.167. The molecule has 0 unspecified atom stereocenters. The summed E-state index contributed by atoms with van der Waals surface area (Å²) >= 11 is 0. The maximum absolute atomic E-state index is 9.25. The fourth-order valence-corrected chi connectivity index (χ4v) is 3.94. The number of aliphatic hydroxyl groups is 1. The van der Waals surface area contributed by atoms with Crippen molar-refractivity contribution in [3.8, 4) is 17.2 Å². The molecule has 0 spiro atoms. The fourth-order valence-electron chi connectivity index (χ4n) is 3.94. The number of hydrogen-bond acceptors (Lipinski definition) is 5. The van der Waals surface area contributed by atoms with Crippen LogP contribution >= 0.6 is 0 Å². The van der Waals surface area contributed by atoms with Gasteiger partial charge in [-0.2, -0.15) is 0 Å². The lowest BCUT2D eigenvalue weighted by Crippen LogP contribution is -2.34. The predicted molar refractivity (Wildman–Crippen MR) is 81.9 cm³/mol. The van der Waals surface area contributed by atoms with Gasteiger partial charge in [-0.25, -0.2) is 0 Å². The van der Waals surface area contributed by atoms with Crippen molar-refractivity contribution < 1.29 is 24.1 Å². The third-order valence-electron chi connectivity index (χ3n) is 4.82. The Morgan fingerprint density at radius 2 is 2.00 bits per heavy atom. The molecule has 5 nitrogen and oxygen atoms in total. The molecule has 0 aromatic heterocycles. The smallest absolute Gasteiger partial charge is 0.203 e. The summed E-state index contributed by atoms with van der Waals surface area (Å²) in [4.78, 5) is 0. The van der Waals surface area contributed by atoms with E-state index in [9.17, 15) is 5.11 Å². The van der Waals surface area contributed by atoms with Gasteiger partial charge in [-0.1, -0.05) is 0 Å². The summed E-state index contributed by atoms with van der Waals surface area (Å²) in [5.74, 6) is 2.01. The maximum Gasteiger partial charge on any atom is 0.203 e. The molecule has 0 aliphatic carbocycles. The van der Waals surface area contributed by atoms with Crippen molar-refractivity contribution in [2.24, 2.45) is 0 Å². The lowest BCUT2D eigenvalue weighted by Gasteiger charge is -2.37. The Balaban J connectivity index is 2.18. The minimum atomic E-state index is -0.369. The minimum Gasteiger partial charge on any atom is -0.493 e. The number of aliphatic hydroxyl groups excluding tert-OH is 1. The summed E-state index contributed by atoms with van der Waals surface area (Å²) < 4.78 is 23.0. The molecule has 22 heavy (non-hydrogen) atoms. The van der Waals surface area contributed by atoms with E-state index in [1.807, 2.05) is 6.07 Å². The summed E-state index contributed by atoms with van der Waals surface area (Å²) in [7, 11) is 4.91. The van der Waals surface area contributed by atoms with Crippen LogP contribution in [0.1, 0.15) is 36.8 Å². The first-order valence-electron chi connectivity index (χ1n) is 7.80. The van der Waals surface area contributed by atoms with Crippen LogP contribution in [-0.4, -0.2) is 39.1 Å². The molecule has 2 heterocycles. The summed E-state index contributed by atoms with van der Waals surface area (Å²) in [6.45, 7) is 0.167. The van der Waals surface area contributed by atoms with Crippen molar-refractivity contribution >= 4 is 0 Å². The lowest BCUT2D eigenvalue weighted by atomic mass is 9.82. The Morgan fingerprint density at radius 3 is 2.64 bits per heavy atom. The first-order valence-corrected chi connectivity index (χ1v) is 7.80. The van der Waals surface area contributed by atoms with Gasteiger partial charge in [-0.3, -0.25) is 0 Å². The fraction of sp³-hybridized carbons (Fsp3) is 0.647. The molecule has 1 saturated heterocycles. The van der Waals surface area contributed by atoms with Crippen LogP contribution in [0.4, 0.5) is 0 Å². The van der Waals surface area contributed by atoms with E-state index in [1.165, 1.54) is 5.56 Å². The van der Waals surface area contributed by atoms with Crippen LogP contribution in [0.25, 0.3) is 0 Å². The van der Waals surface area contributed by atoms with Crippen molar-refractivity contribution in [1.82, 2.24) is 0 Å². The molecular weight excluding hydrogens is 284 g/mol. The molecule has 0 radical (unpaired) electrons. The second-order valence-electron chi connectivity index (χ2n) is 5.98. The van der Waals surface area contributed by atoms with Gasteiger partial charge in [0.25, 0.3) is 0 Å². The van der Waals surface area contributed by atoms with Gasteiger partial charge >= 0.3 is 0 Å². The third-order valence-corrected chi connectivity index (χ3v) is 4.82. The van der Waals surface area contributed by atoms with Crippen LogP contribution in [0.5, 0.6) is 17.2 Å². The molecular formula is C17H24O5. The van der Waals surface area contributed by atoms with E-state index >= 15 is 0 Å². The molecule has 1 aromatic rings. The maximum atomic E-state index is 9.25. The van der Waals surface area contributed by atoms with E-state index in [4.69, 9.17) is 18.9 Å². The van der Waals surface area contributed by atoms with Gasteiger partial charge in [0.15, 0.2) is 11.5 Å². The normalized spacial score (nSPS) is 25.7. The molecule has 0 saturated carbocycles. The Hall–Kier alpha value is -1.46. The van der Waals surface area contributed by atoms with E-state index in [0.717, 1.165) is 31.2 Å². The summed E-state index contributed by atoms with van der Waals surface area (Å²) in [6, 6.07) is 2.05. The SMILES string of the molecule is COc1cc2c(c(OC)c1OC)[C@@]1(CCCO)CC[C@@H](C2)O1. The standard InChI is InChI=1S/C17H24O5/c1-19-13-10-11-9-12-5-7-17(22-12,6-4-8-18)14(11)16(21-3)15(13)20-2/h10,12,18H,4-9H2,1-3H3/t12-,17+/m0/s1. The molecule has 5 heteroatoms. The van der Waals surface area contributed by atoms with E-state index in [2.05, 4.69) is 0 Å². The van der Waals surface area contributed by atoms with E-state index in [1.54, 1.807) is 21.3 Å². The highest BCUT2D eigenvalue weighted by molar-refractivity contribution is 5.62. The van der Waals surface area contributed by atoms with Crippen molar-refractivity contribution in [2.45, 2.75) is 43.8 Å². The molecule has 2 aliphatic rings. The molecule has 2 aliphatic heterocycles. The number of rotatable bonds is 6. The summed E-state index contributed by atoms with van der Waals surface area (Å²) in [5.41, 5.74) is 1.92. The highest BCUT2D eigenvalue weighted by Gasteiger charge is 2.49. The van der Waals surface area contributed by atoms with Gasteiger partial charge in [0.05, 0.1) is 33.0 Å². The number of fused-ring (bicyclic) bond motifs is 4. The average molecular weight is 308 g/mol. The van der Waals surface area contributed by atoms with Crippen LogP contribution in [0.3, 0.4) is 0 Å². The van der Waals surface area contributed by atoms with Crippen LogP contribution < -0.4 is 14.2 Å². The van der Waals surface area contributed by atoms with Crippen LogP contribution in [0.15, 0.2) is 6.07 Å². The molecule has 1 aromatic carbocycles. The molecule has 3 rings (SSSR count). The largest absolute Gasteiger partial charge is 0.493 e. The Kier molecular flexibility index (Phi) is 4.19. The number of benzene rings is 1. The van der Waals surface area contributed by atoms with Gasteiger partial charge in [0.2, 0.25) is 5.75 Å². The second kappa shape index (κ2) is 5.97. The molecule has 1 N–H and O–H groups in total. The van der Waals surface area contributed by atoms with E-state index in [0.29, 0.717) is 23.7 Å². The van der Waals surface area contributed by atoms with Gasteiger partial charge in [-0.05, 0) is 43.7 Å². The highest BCUT2D eigenvalue weighted by Crippen LogP contribution is 2.56. The lowest BCUT2D eigenvalue weighted by molar-refractivity contribution is -0.0668. The molecule has 1 fully saturated rings. The predicted octanol–water partition coefficient (Wildman–Crippen LogP) is 2.42. The van der Waals surface area contributed by atoms with Gasteiger partial charge < -0.3 is 24.1 Å². The molecule has 2 atom stereocenters. The summed E-state index contributed by atoms with van der Waals surface area (Å²) in [6.07, 6.45) is 4.61. The zero-order chi connectivity index (χ0) is 15.7. The first-order chi connectivity index (χ1) is 10.7. The molecule has 2 bridgehead atoms. The van der Waals surface area contributed by atoms with Crippen LogP contribution in [0, 0.1) is 0 Å². The first kappa shape index (κ1) is 15.4. The number of methoxy groups -OCH3 is 3. The van der Waals surface area contributed by atoms with Crippen molar-refractivity contribution in [2.75, 3.05) is 27.9 Å². The van der Waals surface area contributed by atoms with E-state index < -0.39 is 0 Å². The van der Waals surface area contributed by atoms with Gasteiger partial charge in [0.1, 0.15) is 0 Å². The zero-order valence-corrected chi connectivity index (χ0v) is 13.5. The van der Waals surface area contributed by atoms with Crippen molar-refractivity contribution in [1.29, 1.82) is 0 Å². The average Bonchev–Trinajstić information content (AvgIpc) is 2.89. The number of hydrogen-bond donors (Lipinski definition) is 1. The van der Waals surface area contributed by atoms with Crippen LogP contribution in [0.2, 0.25) is 0 Å². The Morgan fingerprint density at radius 1 is 1.23 bits per heavy atom. The molecule has 122 valence electrons. The van der Waals surface area contributed by atoms with Gasteiger partial charge in [0, 0.05) is 12.2 Å². The number of ether oxygens (including phenoxy) is 4. The highest BCUT2D eigenvalue weighted by atomic mass is 16.5. The third kappa shape index (κ3) is 2.23. The van der Waals surface area contributed by atoms with Gasteiger partial charge in [-0.15, -0.1) is 0 Å². The van der Waals surface area contributed by atoms with Crippen molar-refractivity contribution in [3.63, 3.8) is 0 Å². The topological polar surface area (TPSA) is 57.2 Å². The Bertz CT molecular complexity index is 556. The van der Waals surface area contributed by atoms with E-state index in [-0.39, 0.29) is 18.3 Å². The quantitative estimate of drug-likeness (QED) is 0.874. The monoisotopic (exact) mass is 308 g/mol. The van der Waals surface area contributed by atoms with Crippen LogP contribution in [-0.2, 0) is 16.8 Å². The zero-order valence-electron chi connectivity index (χ0n) is 13.5. The molecule has 0 amide bonds.